The smallest absolute Gasteiger partial charge is 0.228 e. The first-order valence-corrected chi connectivity index (χ1v) is 5.70. The highest BCUT2D eigenvalue weighted by Crippen LogP contribution is 2.16. The minimum atomic E-state index is 0.100. The molecule has 4 nitrogen and oxygen atoms in total. The number of nitrogens with one attached hydrogen (secondary N) is 2. The maximum absolute atomic E-state index is 11.9. The predicted molar refractivity (Wildman–Crippen MR) is 63.2 cm³/mol. The van der Waals surface area contributed by atoms with Gasteiger partial charge in [0.05, 0.1) is 0 Å². The molecule has 0 atom stereocenters. The van der Waals surface area contributed by atoms with Crippen molar-refractivity contribution in [1.82, 2.24) is 10.3 Å². The van der Waals surface area contributed by atoms with Gasteiger partial charge >= 0.3 is 0 Å². The van der Waals surface area contributed by atoms with E-state index in [-0.39, 0.29) is 11.8 Å². The van der Waals surface area contributed by atoms with Crippen LogP contribution in [0.15, 0.2) is 18.3 Å². The van der Waals surface area contributed by atoms with Crippen LogP contribution in [0.4, 0.5) is 5.82 Å². The summed E-state index contributed by atoms with van der Waals surface area (Å²) in [6.07, 6.45) is 3.53. The number of pyridine rings is 1. The van der Waals surface area contributed by atoms with Crippen molar-refractivity contribution in [3.8, 4) is 0 Å². The van der Waals surface area contributed by atoms with Crippen molar-refractivity contribution in [1.29, 1.82) is 0 Å². The fourth-order valence-corrected chi connectivity index (χ4v) is 1.92. The van der Waals surface area contributed by atoms with Crippen molar-refractivity contribution >= 4 is 11.7 Å². The Balaban J connectivity index is 1.99. The summed E-state index contributed by atoms with van der Waals surface area (Å²) >= 11 is 0. The van der Waals surface area contributed by atoms with Gasteiger partial charge in [-0.05, 0) is 44.5 Å². The summed E-state index contributed by atoms with van der Waals surface area (Å²) in [5, 5.41) is 6.15. The minimum absolute atomic E-state index is 0.100. The van der Waals surface area contributed by atoms with Gasteiger partial charge in [-0.25, -0.2) is 4.98 Å². The topological polar surface area (TPSA) is 54.0 Å². The van der Waals surface area contributed by atoms with Gasteiger partial charge in [0.25, 0.3) is 0 Å². The van der Waals surface area contributed by atoms with Gasteiger partial charge in [0, 0.05) is 12.1 Å². The fourth-order valence-electron chi connectivity index (χ4n) is 1.92. The highest BCUT2D eigenvalue weighted by atomic mass is 16.1. The lowest BCUT2D eigenvalue weighted by molar-refractivity contribution is -0.120. The summed E-state index contributed by atoms with van der Waals surface area (Å²) in [4.78, 5) is 16.1. The summed E-state index contributed by atoms with van der Waals surface area (Å²) in [6, 6.07) is 3.82. The van der Waals surface area contributed by atoms with E-state index in [1.165, 1.54) is 0 Å². The van der Waals surface area contributed by atoms with Crippen LogP contribution in [0.25, 0.3) is 0 Å². The lowest BCUT2D eigenvalue weighted by Crippen LogP contribution is -2.34. The molecule has 1 aromatic heterocycles. The van der Waals surface area contributed by atoms with Crippen LogP contribution in [-0.4, -0.2) is 24.0 Å². The van der Waals surface area contributed by atoms with Gasteiger partial charge in [-0.15, -0.1) is 0 Å². The first-order valence-electron chi connectivity index (χ1n) is 5.70. The minimum Gasteiger partial charge on any atom is -0.317 e. The van der Waals surface area contributed by atoms with Crippen LogP contribution in [0.1, 0.15) is 18.4 Å². The van der Waals surface area contributed by atoms with Crippen LogP contribution in [0, 0.1) is 12.8 Å². The Hall–Kier alpha value is -1.42. The van der Waals surface area contributed by atoms with Gasteiger partial charge in [0.15, 0.2) is 0 Å². The molecule has 0 aliphatic carbocycles. The highest BCUT2D eigenvalue weighted by Gasteiger charge is 2.21. The van der Waals surface area contributed by atoms with E-state index >= 15 is 0 Å². The molecule has 0 spiro atoms. The van der Waals surface area contributed by atoms with E-state index in [1.807, 2.05) is 19.1 Å². The molecule has 0 unspecified atom stereocenters. The molecule has 4 heteroatoms. The van der Waals surface area contributed by atoms with E-state index in [4.69, 9.17) is 0 Å². The van der Waals surface area contributed by atoms with Crippen molar-refractivity contribution in [2.75, 3.05) is 18.4 Å². The normalized spacial score (nSPS) is 17.1. The Morgan fingerprint density at radius 2 is 2.25 bits per heavy atom. The number of nitrogens with zero attached hydrogens (tertiary/aromatic N) is 1. The second-order valence-corrected chi connectivity index (χ2v) is 4.18. The maximum Gasteiger partial charge on any atom is 0.228 e. The van der Waals surface area contributed by atoms with Crippen molar-refractivity contribution in [2.24, 2.45) is 5.92 Å². The van der Waals surface area contributed by atoms with Gasteiger partial charge in [-0.2, -0.15) is 0 Å². The number of anilines is 1. The first kappa shape index (κ1) is 11.1. The predicted octanol–water partition coefficient (Wildman–Crippen LogP) is 1.33. The molecule has 0 radical (unpaired) electrons. The molecule has 2 N–H and O–H groups in total. The van der Waals surface area contributed by atoms with E-state index < -0.39 is 0 Å². The third kappa shape index (κ3) is 2.58. The lowest BCUT2D eigenvalue weighted by atomic mass is 9.97. The molecule has 16 heavy (non-hydrogen) atoms. The third-order valence-electron chi connectivity index (χ3n) is 2.96. The molecule has 0 saturated carbocycles. The summed E-state index contributed by atoms with van der Waals surface area (Å²) in [6.45, 7) is 3.81. The van der Waals surface area contributed by atoms with Crippen LogP contribution >= 0.6 is 0 Å². The molecule has 0 bridgehead atoms. The Kier molecular flexibility index (Phi) is 3.51. The van der Waals surface area contributed by atoms with E-state index in [9.17, 15) is 4.79 Å². The van der Waals surface area contributed by atoms with Crippen molar-refractivity contribution in [2.45, 2.75) is 19.8 Å². The zero-order valence-electron chi connectivity index (χ0n) is 9.49. The van der Waals surface area contributed by atoms with E-state index in [0.717, 1.165) is 31.5 Å². The van der Waals surface area contributed by atoms with Gasteiger partial charge < -0.3 is 10.6 Å². The van der Waals surface area contributed by atoms with Crippen LogP contribution < -0.4 is 10.6 Å². The monoisotopic (exact) mass is 219 g/mol. The van der Waals surface area contributed by atoms with Gasteiger partial charge in [-0.3, -0.25) is 4.79 Å². The van der Waals surface area contributed by atoms with Gasteiger partial charge in [0.2, 0.25) is 5.91 Å². The average Bonchev–Trinajstić information content (AvgIpc) is 2.33. The number of hydrogen-bond acceptors (Lipinski definition) is 3. The van der Waals surface area contributed by atoms with Crippen LogP contribution in [0.5, 0.6) is 0 Å². The van der Waals surface area contributed by atoms with E-state index in [2.05, 4.69) is 15.6 Å². The Morgan fingerprint density at radius 3 is 2.94 bits per heavy atom. The maximum atomic E-state index is 11.9. The third-order valence-corrected chi connectivity index (χ3v) is 2.96. The van der Waals surface area contributed by atoms with Crippen molar-refractivity contribution < 1.29 is 4.79 Å². The van der Waals surface area contributed by atoms with E-state index in [1.54, 1.807) is 6.20 Å². The number of carbonyl (C=O) groups excluding carboxylic acids is 1. The van der Waals surface area contributed by atoms with Gasteiger partial charge in [0.1, 0.15) is 5.82 Å². The molecular weight excluding hydrogens is 202 g/mol. The standard InChI is InChI=1S/C12H17N3O/c1-9-3-2-6-14-11(9)15-12(16)10-4-7-13-8-5-10/h2-3,6,10,13H,4-5,7-8H2,1H3,(H,14,15,16). The van der Waals surface area contributed by atoms with E-state index in [0.29, 0.717) is 5.82 Å². The summed E-state index contributed by atoms with van der Waals surface area (Å²) in [7, 11) is 0. The highest BCUT2D eigenvalue weighted by molar-refractivity contribution is 5.92. The summed E-state index contributed by atoms with van der Waals surface area (Å²) in [5.74, 6) is 0.914. The first-order chi connectivity index (χ1) is 7.77. The SMILES string of the molecule is Cc1cccnc1NC(=O)C1CCNCC1. The number of hydrogen-bond donors (Lipinski definition) is 2. The Labute approximate surface area is 95.5 Å². The number of rotatable bonds is 2. The van der Waals surface area contributed by atoms with Crippen LogP contribution in [0.3, 0.4) is 0 Å². The Bertz CT molecular complexity index is 372. The summed E-state index contributed by atoms with van der Waals surface area (Å²) in [5.41, 5.74) is 1.00. The molecule has 1 fully saturated rings. The average molecular weight is 219 g/mol. The number of amides is 1. The summed E-state index contributed by atoms with van der Waals surface area (Å²) < 4.78 is 0. The molecule has 2 heterocycles. The zero-order valence-corrected chi connectivity index (χ0v) is 9.49. The Morgan fingerprint density at radius 1 is 1.50 bits per heavy atom. The zero-order chi connectivity index (χ0) is 11.4. The quantitative estimate of drug-likeness (QED) is 0.789. The van der Waals surface area contributed by atoms with Crippen molar-refractivity contribution in [3.63, 3.8) is 0 Å². The lowest BCUT2D eigenvalue weighted by Gasteiger charge is -2.21. The van der Waals surface area contributed by atoms with Crippen molar-refractivity contribution in [3.05, 3.63) is 23.9 Å². The number of carbonyl (C=O) groups is 1. The van der Waals surface area contributed by atoms with Crippen LogP contribution in [0.2, 0.25) is 0 Å². The second kappa shape index (κ2) is 5.07. The molecule has 1 amide bonds. The molecule has 2 rings (SSSR count). The molecule has 0 aromatic carbocycles. The number of aryl methyl sites for hydroxylation is 1. The molecule has 1 aliphatic heterocycles. The number of aromatic nitrogens is 1. The molecule has 1 aromatic rings. The number of piperidine rings is 1. The van der Waals surface area contributed by atoms with Gasteiger partial charge in [-0.1, -0.05) is 6.07 Å². The molecular formula is C12H17N3O. The largest absolute Gasteiger partial charge is 0.317 e. The molecule has 1 saturated heterocycles. The second-order valence-electron chi connectivity index (χ2n) is 4.18. The molecule has 1 aliphatic rings. The fraction of sp³-hybridized carbons (Fsp3) is 0.500. The molecule has 86 valence electrons. The van der Waals surface area contributed by atoms with Crippen LogP contribution in [-0.2, 0) is 4.79 Å².